The maximum atomic E-state index is 11.9. The van der Waals surface area contributed by atoms with Gasteiger partial charge in [0, 0.05) is 0 Å². The van der Waals surface area contributed by atoms with Gasteiger partial charge >= 0.3 is 12.0 Å². The first-order valence-corrected chi connectivity index (χ1v) is 6.52. The molecule has 0 aromatic heterocycles. The van der Waals surface area contributed by atoms with Gasteiger partial charge in [0.05, 0.1) is 22.0 Å². The first-order chi connectivity index (χ1) is 9.99. The summed E-state index contributed by atoms with van der Waals surface area (Å²) in [4.78, 5) is 23.2. The predicted octanol–water partition coefficient (Wildman–Crippen LogP) is 3.99. The fourth-order valence-corrected chi connectivity index (χ4v) is 2.08. The molecule has 0 bridgehead atoms. The lowest BCUT2D eigenvalue weighted by Crippen LogP contribution is -2.21. The van der Waals surface area contributed by atoms with Crippen LogP contribution >= 0.6 is 11.6 Å². The quantitative estimate of drug-likeness (QED) is 0.802. The highest BCUT2D eigenvalue weighted by atomic mass is 35.5. The van der Waals surface area contributed by atoms with Crippen LogP contribution in [-0.4, -0.2) is 17.1 Å². The van der Waals surface area contributed by atoms with Crippen molar-refractivity contribution < 1.29 is 14.7 Å². The number of para-hydroxylation sites is 1. The summed E-state index contributed by atoms with van der Waals surface area (Å²) in [5.41, 5.74) is 1.30. The molecule has 0 atom stereocenters. The largest absolute Gasteiger partial charge is 0.478 e. The van der Waals surface area contributed by atoms with Gasteiger partial charge in [0.15, 0.2) is 0 Å². The Morgan fingerprint density at radius 3 is 2.29 bits per heavy atom. The number of carbonyl (C=O) groups excluding carboxylic acids is 1. The molecule has 3 N–H and O–H groups in total. The van der Waals surface area contributed by atoms with E-state index in [9.17, 15) is 14.7 Å². The number of carboxylic acid groups (broad SMARTS) is 1. The van der Waals surface area contributed by atoms with Gasteiger partial charge in [-0.05, 0) is 30.7 Å². The average Bonchev–Trinajstić information content (AvgIpc) is 2.41. The molecule has 0 fully saturated rings. The van der Waals surface area contributed by atoms with Crippen LogP contribution in [0.3, 0.4) is 0 Å². The standard InChI is InChI=1S/C15H13ClN2O3/c1-9-5-4-8-12(13(9)14(19)20)18-15(21)17-11-7-3-2-6-10(11)16/h2-8H,1H3,(H,19,20)(H2,17,18,21). The van der Waals surface area contributed by atoms with Gasteiger partial charge in [0.1, 0.15) is 0 Å². The number of halogens is 1. The van der Waals surface area contributed by atoms with Crippen LogP contribution in [0.15, 0.2) is 42.5 Å². The van der Waals surface area contributed by atoms with E-state index < -0.39 is 12.0 Å². The van der Waals surface area contributed by atoms with Crippen LogP contribution in [0.2, 0.25) is 5.02 Å². The fraction of sp³-hybridized carbons (Fsp3) is 0.0667. The molecule has 0 radical (unpaired) electrons. The highest BCUT2D eigenvalue weighted by Crippen LogP contribution is 2.22. The molecule has 0 aliphatic rings. The molecule has 0 spiro atoms. The normalized spacial score (nSPS) is 10.0. The first-order valence-electron chi connectivity index (χ1n) is 6.14. The van der Waals surface area contributed by atoms with Crippen molar-refractivity contribution >= 4 is 35.0 Å². The van der Waals surface area contributed by atoms with E-state index in [1.165, 1.54) is 6.07 Å². The van der Waals surface area contributed by atoms with Crippen molar-refractivity contribution in [2.45, 2.75) is 6.92 Å². The topological polar surface area (TPSA) is 78.4 Å². The SMILES string of the molecule is Cc1cccc(NC(=O)Nc2ccccc2Cl)c1C(=O)O. The van der Waals surface area contributed by atoms with Crippen molar-refractivity contribution in [2.24, 2.45) is 0 Å². The highest BCUT2D eigenvalue weighted by molar-refractivity contribution is 6.33. The Labute approximate surface area is 126 Å². The number of nitrogens with one attached hydrogen (secondary N) is 2. The number of benzene rings is 2. The van der Waals surface area contributed by atoms with E-state index in [1.807, 2.05) is 0 Å². The molecule has 6 heteroatoms. The Kier molecular flexibility index (Phi) is 4.45. The van der Waals surface area contributed by atoms with Crippen molar-refractivity contribution in [3.8, 4) is 0 Å². The second-order valence-electron chi connectivity index (χ2n) is 4.36. The van der Waals surface area contributed by atoms with Gasteiger partial charge in [-0.25, -0.2) is 9.59 Å². The minimum absolute atomic E-state index is 0.0619. The van der Waals surface area contributed by atoms with Gasteiger partial charge in [-0.15, -0.1) is 0 Å². The van der Waals surface area contributed by atoms with E-state index in [2.05, 4.69) is 10.6 Å². The fourth-order valence-electron chi connectivity index (χ4n) is 1.89. The van der Waals surface area contributed by atoms with E-state index in [0.717, 1.165) is 0 Å². The highest BCUT2D eigenvalue weighted by Gasteiger charge is 2.15. The van der Waals surface area contributed by atoms with Gasteiger partial charge in [0.25, 0.3) is 0 Å². The number of aromatic carboxylic acids is 1. The number of aryl methyl sites for hydroxylation is 1. The van der Waals surface area contributed by atoms with Crippen molar-refractivity contribution in [1.82, 2.24) is 0 Å². The Balaban J connectivity index is 2.19. The molecule has 5 nitrogen and oxygen atoms in total. The Morgan fingerprint density at radius 2 is 1.62 bits per heavy atom. The number of anilines is 2. The lowest BCUT2D eigenvalue weighted by Gasteiger charge is -2.12. The molecular weight excluding hydrogens is 292 g/mol. The van der Waals surface area contributed by atoms with Gasteiger partial charge in [-0.3, -0.25) is 0 Å². The number of hydrogen-bond donors (Lipinski definition) is 3. The maximum Gasteiger partial charge on any atom is 0.338 e. The number of urea groups is 1. The zero-order valence-electron chi connectivity index (χ0n) is 11.2. The molecule has 21 heavy (non-hydrogen) atoms. The zero-order valence-corrected chi connectivity index (χ0v) is 11.9. The second-order valence-corrected chi connectivity index (χ2v) is 4.77. The van der Waals surface area contributed by atoms with Gasteiger partial charge in [-0.1, -0.05) is 35.9 Å². The van der Waals surface area contributed by atoms with Crippen LogP contribution in [0, 0.1) is 6.92 Å². The van der Waals surface area contributed by atoms with Crippen molar-refractivity contribution in [1.29, 1.82) is 0 Å². The second kappa shape index (κ2) is 6.28. The van der Waals surface area contributed by atoms with Crippen LogP contribution in [-0.2, 0) is 0 Å². The van der Waals surface area contributed by atoms with Crippen LogP contribution < -0.4 is 10.6 Å². The van der Waals surface area contributed by atoms with E-state index in [-0.39, 0.29) is 11.3 Å². The molecule has 0 unspecified atom stereocenters. The summed E-state index contributed by atoms with van der Waals surface area (Å²) in [5, 5.41) is 14.7. The predicted molar refractivity (Wildman–Crippen MR) is 82.2 cm³/mol. The van der Waals surface area contributed by atoms with Crippen LogP contribution in [0.5, 0.6) is 0 Å². The number of carbonyl (C=O) groups is 2. The minimum Gasteiger partial charge on any atom is -0.478 e. The lowest BCUT2D eigenvalue weighted by molar-refractivity contribution is 0.0697. The number of rotatable bonds is 3. The molecule has 2 aromatic carbocycles. The van der Waals surface area contributed by atoms with Crippen LogP contribution in [0.4, 0.5) is 16.2 Å². The third kappa shape index (κ3) is 3.52. The van der Waals surface area contributed by atoms with Crippen molar-refractivity contribution in [3.63, 3.8) is 0 Å². The summed E-state index contributed by atoms with van der Waals surface area (Å²) < 4.78 is 0. The van der Waals surface area contributed by atoms with E-state index in [4.69, 9.17) is 11.6 Å². The molecule has 0 aliphatic carbocycles. The third-order valence-corrected chi connectivity index (χ3v) is 3.19. The summed E-state index contributed by atoms with van der Waals surface area (Å²) in [6.07, 6.45) is 0. The van der Waals surface area contributed by atoms with Gasteiger partial charge in [-0.2, -0.15) is 0 Å². The first kappa shape index (κ1) is 14.9. The molecule has 2 rings (SSSR count). The van der Waals surface area contributed by atoms with Crippen LogP contribution in [0.1, 0.15) is 15.9 Å². The van der Waals surface area contributed by atoms with E-state index >= 15 is 0 Å². The van der Waals surface area contributed by atoms with Gasteiger partial charge in [0.2, 0.25) is 0 Å². The molecule has 2 amide bonds. The summed E-state index contributed by atoms with van der Waals surface area (Å²) in [6, 6.07) is 11.1. The molecule has 2 aromatic rings. The molecule has 0 aliphatic heterocycles. The molecule has 108 valence electrons. The van der Waals surface area contributed by atoms with Crippen molar-refractivity contribution in [3.05, 3.63) is 58.6 Å². The Bertz CT molecular complexity index is 701. The summed E-state index contributed by atoms with van der Waals surface area (Å²) in [6.45, 7) is 1.67. The molecule has 0 saturated carbocycles. The maximum absolute atomic E-state index is 11.9. The molecular formula is C15H13ClN2O3. The summed E-state index contributed by atoms with van der Waals surface area (Å²) in [5.74, 6) is -1.10. The number of amides is 2. The Morgan fingerprint density at radius 1 is 1.00 bits per heavy atom. The van der Waals surface area contributed by atoms with E-state index in [0.29, 0.717) is 16.3 Å². The zero-order chi connectivity index (χ0) is 15.4. The average molecular weight is 305 g/mol. The number of carboxylic acids is 1. The lowest BCUT2D eigenvalue weighted by atomic mass is 10.1. The molecule has 0 heterocycles. The minimum atomic E-state index is -1.10. The van der Waals surface area contributed by atoms with Crippen LogP contribution in [0.25, 0.3) is 0 Å². The monoisotopic (exact) mass is 304 g/mol. The molecule has 0 saturated heterocycles. The van der Waals surface area contributed by atoms with Crippen molar-refractivity contribution in [2.75, 3.05) is 10.6 Å². The summed E-state index contributed by atoms with van der Waals surface area (Å²) >= 11 is 5.94. The third-order valence-electron chi connectivity index (χ3n) is 2.86. The summed E-state index contributed by atoms with van der Waals surface area (Å²) in [7, 11) is 0. The van der Waals surface area contributed by atoms with E-state index in [1.54, 1.807) is 43.3 Å². The Hall–Kier alpha value is -2.53. The number of hydrogen-bond acceptors (Lipinski definition) is 2. The van der Waals surface area contributed by atoms with Gasteiger partial charge < -0.3 is 15.7 Å². The smallest absolute Gasteiger partial charge is 0.338 e.